The number of carbonyl (C=O) groups is 3. The van der Waals surface area contributed by atoms with Crippen molar-refractivity contribution in [1.29, 1.82) is 0 Å². The number of halogens is 1. The first kappa shape index (κ1) is 23.8. The molecule has 0 spiro atoms. The van der Waals surface area contributed by atoms with Crippen LogP contribution in [-0.2, 0) is 19.1 Å². The maximum Gasteiger partial charge on any atom is 0.306 e. The van der Waals surface area contributed by atoms with Gasteiger partial charge in [-0.15, -0.1) is 10.2 Å². The highest BCUT2D eigenvalue weighted by molar-refractivity contribution is 7.18. The van der Waals surface area contributed by atoms with Crippen LogP contribution in [0, 0.1) is 0 Å². The number of ether oxygens (including phenoxy) is 1. The number of anilines is 1. The summed E-state index contributed by atoms with van der Waals surface area (Å²) in [6.45, 7) is 4.75. The lowest BCUT2D eigenvalue weighted by Gasteiger charge is -2.21. The molecule has 0 aliphatic carbocycles. The van der Waals surface area contributed by atoms with Gasteiger partial charge in [0.2, 0.25) is 16.9 Å². The fourth-order valence-electron chi connectivity index (χ4n) is 2.63. The van der Waals surface area contributed by atoms with E-state index < -0.39 is 5.97 Å². The third-order valence-corrected chi connectivity index (χ3v) is 5.21. The molecule has 1 aromatic heterocycles. The van der Waals surface area contributed by atoms with Crippen LogP contribution in [0.15, 0.2) is 24.3 Å². The normalized spacial score (nSPS) is 10.5. The van der Waals surface area contributed by atoms with Gasteiger partial charge in [-0.2, -0.15) is 0 Å². The topological polar surface area (TPSA) is 101 Å². The molecule has 0 fully saturated rings. The molecule has 30 heavy (non-hydrogen) atoms. The zero-order valence-corrected chi connectivity index (χ0v) is 18.6. The van der Waals surface area contributed by atoms with Crippen molar-refractivity contribution >= 4 is 45.9 Å². The lowest BCUT2D eigenvalue weighted by molar-refractivity contribution is -0.145. The summed E-state index contributed by atoms with van der Waals surface area (Å²) in [5.41, 5.74) is 0.860. The van der Waals surface area contributed by atoms with E-state index in [1.54, 1.807) is 24.0 Å². The van der Waals surface area contributed by atoms with E-state index in [-0.39, 0.29) is 44.2 Å². The van der Waals surface area contributed by atoms with E-state index in [1.165, 1.54) is 11.3 Å². The molecule has 8 nitrogen and oxygen atoms in total. The molecule has 2 rings (SSSR count). The molecule has 0 aliphatic heterocycles. The standard InChI is InChI=1S/C20H25ClN4O4S/c1-3-12-25(17(27)9-10-18(28)29-4-2)13-11-16(26)22-20-24-23-19(30-20)14-5-7-15(21)8-6-14/h5-8H,3-4,9-13H2,1-2H3,(H,22,24,26). The first-order chi connectivity index (χ1) is 14.4. The third kappa shape index (κ3) is 7.72. The highest BCUT2D eigenvalue weighted by Crippen LogP contribution is 2.27. The second-order valence-corrected chi connectivity index (χ2v) is 7.82. The Hall–Kier alpha value is -2.52. The van der Waals surface area contributed by atoms with Crippen LogP contribution >= 0.6 is 22.9 Å². The van der Waals surface area contributed by atoms with Crippen molar-refractivity contribution < 1.29 is 19.1 Å². The van der Waals surface area contributed by atoms with Gasteiger partial charge in [-0.3, -0.25) is 14.4 Å². The lowest BCUT2D eigenvalue weighted by Crippen LogP contribution is -2.34. The summed E-state index contributed by atoms with van der Waals surface area (Å²) < 4.78 is 4.84. The Morgan fingerprint density at radius 2 is 1.80 bits per heavy atom. The van der Waals surface area contributed by atoms with E-state index in [1.807, 2.05) is 19.1 Å². The van der Waals surface area contributed by atoms with Crippen molar-refractivity contribution in [2.45, 2.75) is 39.5 Å². The predicted octanol–water partition coefficient (Wildman–Crippen LogP) is 3.77. The van der Waals surface area contributed by atoms with Crippen molar-refractivity contribution in [2.24, 2.45) is 0 Å². The highest BCUT2D eigenvalue weighted by Gasteiger charge is 2.17. The number of benzene rings is 1. The Bertz CT molecular complexity index is 857. The van der Waals surface area contributed by atoms with Gasteiger partial charge in [-0.05, 0) is 25.5 Å². The number of carbonyl (C=O) groups excluding carboxylic acids is 3. The number of rotatable bonds is 11. The fraction of sp³-hybridized carbons (Fsp3) is 0.450. The Morgan fingerprint density at radius 1 is 1.07 bits per heavy atom. The van der Waals surface area contributed by atoms with Gasteiger partial charge in [0, 0.05) is 36.5 Å². The minimum Gasteiger partial charge on any atom is -0.466 e. The summed E-state index contributed by atoms with van der Waals surface area (Å²) in [5.74, 6) is -0.820. The van der Waals surface area contributed by atoms with Crippen LogP contribution in [-0.4, -0.2) is 52.6 Å². The predicted molar refractivity (Wildman–Crippen MR) is 116 cm³/mol. The summed E-state index contributed by atoms with van der Waals surface area (Å²) in [7, 11) is 0. The van der Waals surface area contributed by atoms with Gasteiger partial charge in [0.25, 0.3) is 0 Å². The molecule has 1 aromatic carbocycles. The quantitative estimate of drug-likeness (QED) is 0.521. The van der Waals surface area contributed by atoms with E-state index in [2.05, 4.69) is 15.5 Å². The summed E-state index contributed by atoms with van der Waals surface area (Å²) in [6.07, 6.45) is 0.993. The van der Waals surface area contributed by atoms with Crippen LogP contribution in [0.5, 0.6) is 0 Å². The number of hydrogen-bond acceptors (Lipinski definition) is 7. The minimum atomic E-state index is -0.396. The summed E-state index contributed by atoms with van der Waals surface area (Å²) in [5, 5.41) is 12.5. The number of esters is 1. The van der Waals surface area contributed by atoms with Gasteiger partial charge in [-0.25, -0.2) is 0 Å². The molecule has 0 radical (unpaired) electrons. The Labute approximate surface area is 184 Å². The van der Waals surface area contributed by atoms with Crippen LogP contribution in [0.25, 0.3) is 10.6 Å². The van der Waals surface area contributed by atoms with Crippen LogP contribution in [0.4, 0.5) is 5.13 Å². The van der Waals surface area contributed by atoms with E-state index in [0.717, 1.165) is 12.0 Å². The van der Waals surface area contributed by atoms with Gasteiger partial charge in [0.1, 0.15) is 5.01 Å². The van der Waals surface area contributed by atoms with E-state index in [0.29, 0.717) is 21.7 Å². The van der Waals surface area contributed by atoms with E-state index in [4.69, 9.17) is 16.3 Å². The SMILES string of the molecule is CCCN(CCC(=O)Nc1nnc(-c2ccc(Cl)cc2)s1)C(=O)CCC(=O)OCC. The molecule has 2 aromatic rings. The number of hydrogen-bond donors (Lipinski definition) is 1. The molecular weight excluding hydrogens is 428 g/mol. The van der Waals surface area contributed by atoms with Crippen molar-refractivity contribution in [3.63, 3.8) is 0 Å². The van der Waals surface area contributed by atoms with Crippen molar-refractivity contribution in [2.75, 3.05) is 25.0 Å². The Kier molecular flexibility index (Phi) is 9.69. The monoisotopic (exact) mass is 452 g/mol. The molecule has 162 valence electrons. The van der Waals surface area contributed by atoms with Gasteiger partial charge in [-0.1, -0.05) is 42.0 Å². The molecule has 0 atom stereocenters. The van der Waals surface area contributed by atoms with Crippen LogP contribution in [0.2, 0.25) is 5.02 Å². The summed E-state index contributed by atoms with van der Waals surface area (Å²) in [4.78, 5) is 37.7. The van der Waals surface area contributed by atoms with Gasteiger partial charge in [0.05, 0.1) is 13.0 Å². The van der Waals surface area contributed by atoms with E-state index >= 15 is 0 Å². The zero-order chi connectivity index (χ0) is 21.9. The number of amides is 2. The average molecular weight is 453 g/mol. The number of nitrogens with one attached hydrogen (secondary N) is 1. The highest BCUT2D eigenvalue weighted by atomic mass is 35.5. The molecule has 0 aliphatic rings. The molecule has 10 heteroatoms. The van der Waals surface area contributed by atoms with Crippen LogP contribution in [0.1, 0.15) is 39.5 Å². The van der Waals surface area contributed by atoms with Gasteiger partial charge in [0.15, 0.2) is 0 Å². The second kappa shape index (κ2) is 12.2. The number of nitrogens with zero attached hydrogens (tertiary/aromatic N) is 3. The number of aromatic nitrogens is 2. The zero-order valence-electron chi connectivity index (χ0n) is 17.0. The van der Waals surface area contributed by atoms with Crippen molar-refractivity contribution in [3.8, 4) is 10.6 Å². The average Bonchev–Trinajstić information content (AvgIpc) is 3.18. The van der Waals surface area contributed by atoms with Gasteiger partial charge >= 0.3 is 5.97 Å². The second-order valence-electron chi connectivity index (χ2n) is 6.40. The molecule has 0 unspecified atom stereocenters. The molecule has 0 bridgehead atoms. The maximum absolute atomic E-state index is 12.4. The van der Waals surface area contributed by atoms with Gasteiger partial charge < -0.3 is 15.0 Å². The first-order valence-corrected chi connectivity index (χ1v) is 10.9. The van der Waals surface area contributed by atoms with Crippen LogP contribution in [0.3, 0.4) is 0 Å². The first-order valence-electron chi connectivity index (χ1n) is 9.75. The van der Waals surface area contributed by atoms with Crippen molar-refractivity contribution in [3.05, 3.63) is 29.3 Å². The molecule has 0 saturated carbocycles. The minimum absolute atomic E-state index is 0.0390. The largest absolute Gasteiger partial charge is 0.466 e. The lowest BCUT2D eigenvalue weighted by atomic mass is 10.2. The summed E-state index contributed by atoms with van der Waals surface area (Å²) in [6, 6.07) is 7.19. The molecule has 2 amide bonds. The van der Waals surface area contributed by atoms with Crippen molar-refractivity contribution in [1.82, 2.24) is 15.1 Å². The Balaban J connectivity index is 1.84. The smallest absolute Gasteiger partial charge is 0.306 e. The third-order valence-electron chi connectivity index (χ3n) is 4.07. The molecular formula is C20H25ClN4O4S. The maximum atomic E-state index is 12.4. The molecule has 0 saturated heterocycles. The van der Waals surface area contributed by atoms with E-state index in [9.17, 15) is 14.4 Å². The summed E-state index contributed by atoms with van der Waals surface area (Å²) >= 11 is 7.14. The fourth-order valence-corrected chi connectivity index (χ4v) is 3.52. The molecule has 1 heterocycles. The molecule has 1 N–H and O–H groups in total. The Morgan fingerprint density at radius 3 is 2.47 bits per heavy atom. The van der Waals surface area contributed by atoms with Crippen LogP contribution < -0.4 is 5.32 Å².